The maximum atomic E-state index is 14.5. The molecule has 2 heterocycles. The Morgan fingerprint density at radius 3 is 2.60 bits per heavy atom. The van der Waals surface area contributed by atoms with Crippen LogP contribution in [0.2, 0.25) is 0 Å². The first-order valence-corrected chi connectivity index (χ1v) is 7.71. The van der Waals surface area contributed by atoms with E-state index in [2.05, 4.69) is 15.3 Å². The number of hydrogen-bond acceptors (Lipinski definition) is 4. The number of nitrogens with one attached hydrogen (secondary N) is 1. The molecule has 0 saturated carbocycles. The van der Waals surface area contributed by atoms with Gasteiger partial charge in [0.05, 0.1) is 10.5 Å². The standard InChI is InChI=1S/C15H14ClF4N5/c1-6(2)25-10-4-7(11-8(16)5-22-14(21)24-11)3-9(17)12(10)23-13(25)15(18,19)20/h3-6,11H,1-2H3,(H3,21,22,24). The molecule has 0 bridgehead atoms. The number of nitrogens with zero attached hydrogens (tertiary/aromatic N) is 3. The van der Waals surface area contributed by atoms with Gasteiger partial charge in [0.25, 0.3) is 0 Å². The van der Waals surface area contributed by atoms with E-state index >= 15 is 0 Å². The summed E-state index contributed by atoms with van der Waals surface area (Å²) < 4.78 is 55.2. The van der Waals surface area contributed by atoms with E-state index in [0.717, 1.165) is 10.6 Å². The molecule has 10 heteroatoms. The van der Waals surface area contributed by atoms with Gasteiger partial charge in [0.1, 0.15) is 11.6 Å². The lowest BCUT2D eigenvalue weighted by Crippen LogP contribution is -2.31. The maximum Gasteiger partial charge on any atom is 0.449 e. The summed E-state index contributed by atoms with van der Waals surface area (Å²) in [6, 6.07) is 1.10. The van der Waals surface area contributed by atoms with Crippen molar-refractivity contribution >= 4 is 28.6 Å². The van der Waals surface area contributed by atoms with Gasteiger partial charge in [0, 0.05) is 12.2 Å². The highest BCUT2D eigenvalue weighted by atomic mass is 35.5. The van der Waals surface area contributed by atoms with Crippen LogP contribution in [0.3, 0.4) is 0 Å². The molecule has 0 spiro atoms. The predicted molar refractivity (Wildman–Crippen MR) is 86.5 cm³/mol. The zero-order valence-electron chi connectivity index (χ0n) is 13.2. The van der Waals surface area contributed by atoms with Crippen molar-refractivity contribution in [3.8, 4) is 0 Å². The quantitative estimate of drug-likeness (QED) is 0.784. The fourth-order valence-corrected chi connectivity index (χ4v) is 2.98. The van der Waals surface area contributed by atoms with Crippen molar-refractivity contribution in [3.05, 3.63) is 40.6 Å². The number of hydrogen-bond donors (Lipinski definition) is 2. The van der Waals surface area contributed by atoms with E-state index in [9.17, 15) is 17.6 Å². The van der Waals surface area contributed by atoms with Crippen molar-refractivity contribution in [3.63, 3.8) is 0 Å². The molecule has 0 fully saturated rings. The van der Waals surface area contributed by atoms with Gasteiger partial charge in [-0.25, -0.2) is 14.4 Å². The monoisotopic (exact) mass is 375 g/mol. The Labute approximate surface area is 145 Å². The van der Waals surface area contributed by atoms with Gasteiger partial charge in [0.2, 0.25) is 5.82 Å². The van der Waals surface area contributed by atoms with Gasteiger partial charge in [-0.05, 0) is 31.5 Å². The SMILES string of the molecule is CC(C)n1c(C(F)(F)F)nc2c(F)cc(C3N=C(N)NC=C3Cl)cc21. The van der Waals surface area contributed by atoms with Crippen LogP contribution in [0, 0.1) is 5.82 Å². The van der Waals surface area contributed by atoms with Crippen LogP contribution in [0.5, 0.6) is 0 Å². The maximum absolute atomic E-state index is 14.5. The van der Waals surface area contributed by atoms with Gasteiger partial charge in [0.15, 0.2) is 11.8 Å². The fraction of sp³-hybridized carbons (Fsp3) is 0.333. The first-order valence-electron chi connectivity index (χ1n) is 7.33. The average Bonchev–Trinajstić information content (AvgIpc) is 2.90. The lowest BCUT2D eigenvalue weighted by atomic mass is 10.1. The van der Waals surface area contributed by atoms with E-state index in [1.165, 1.54) is 12.3 Å². The Balaban J connectivity index is 2.27. The van der Waals surface area contributed by atoms with E-state index in [-0.39, 0.29) is 27.6 Å². The molecule has 1 unspecified atom stereocenters. The summed E-state index contributed by atoms with van der Waals surface area (Å²) in [5, 5.41) is 2.85. The van der Waals surface area contributed by atoms with Crippen molar-refractivity contribution in [2.45, 2.75) is 32.1 Å². The van der Waals surface area contributed by atoms with Gasteiger partial charge in [-0.2, -0.15) is 13.2 Å². The number of nitrogens with two attached hydrogens (primary N) is 1. The molecule has 0 amide bonds. The van der Waals surface area contributed by atoms with Gasteiger partial charge in [-0.3, -0.25) is 0 Å². The Morgan fingerprint density at radius 2 is 2.00 bits per heavy atom. The third-order valence-electron chi connectivity index (χ3n) is 3.74. The van der Waals surface area contributed by atoms with Crippen LogP contribution in [-0.2, 0) is 6.18 Å². The van der Waals surface area contributed by atoms with E-state index in [4.69, 9.17) is 17.3 Å². The lowest BCUT2D eigenvalue weighted by molar-refractivity contribution is -0.147. The molecule has 134 valence electrons. The third kappa shape index (κ3) is 3.04. The van der Waals surface area contributed by atoms with Crippen molar-refractivity contribution in [2.24, 2.45) is 10.7 Å². The number of fused-ring (bicyclic) bond motifs is 1. The minimum atomic E-state index is -4.70. The number of aliphatic imine (C=N–C) groups is 1. The summed E-state index contributed by atoms with van der Waals surface area (Å²) in [5.41, 5.74) is 5.55. The molecule has 0 saturated heterocycles. The molecule has 1 aromatic carbocycles. The molecule has 3 N–H and O–H groups in total. The second-order valence-corrected chi connectivity index (χ2v) is 6.29. The van der Waals surface area contributed by atoms with E-state index < -0.39 is 29.9 Å². The number of halogens is 5. The number of rotatable bonds is 2. The van der Waals surface area contributed by atoms with Crippen LogP contribution in [0.15, 0.2) is 28.4 Å². The minimum absolute atomic E-state index is 0.0223. The normalized spacial score (nSPS) is 18.3. The predicted octanol–water partition coefficient (Wildman–Crippen LogP) is 3.81. The molecule has 1 aromatic heterocycles. The average molecular weight is 376 g/mol. The molecule has 0 aliphatic carbocycles. The minimum Gasteiger partial charge on any atom is -0.370 e. The molecule has 5 nitrogen and oxygen atoms in total. The van der Waals surface area contributed by atoms with Gasteiger partial charge in [-0.15, -0.1) is 0 Å². The molecule has 1 aliphatic heterocycles. The van der Waals surface area contributed by atoms with Crippen LogP contribution in [0.1, 0.15) is 37.3 Å². The lowest BCUT2D eigenvalue weighted by Gasteiger charge is -2.19. The summed E-state index contributed by atoms with van der Waals surface area (Å²) in [5.74, 6) is -1.96. The van der Waals surface area contributed by atoms with Crippen molar-refractivity contribution in [1.29, 1.82) is 0 Å². The van der Waals surface area contributed by atoms with Crippen molar-refractivity contribution in [1.82, 2.24) is 14.9 Å². The Kier molecular flexibility index (Phi) is 4.14. The summed E-state index contributed by atoms with van der Waals surface area (Å²) in [6.07, 6.45) is -3.30. The number of imidazole rings is 1. The first kappa shape index (κ1) is 17.5. The molecule has 3 rings (SSSR count). The Hall–Kier alpha value is -2.29. The third-order valence-corrected chi connectivity index (χ3v) is 4.06. The zero-order valence-corrected chi connectivity index (χ0v) is 14.0. The molecule has 1 aliphatic rings. The largest absolute Gasteiger partial charge is 0.449 e. The Bertz CT molecular complexity index is 897. The molecule has 0 radical (unpaired) electrons. The van der Waals surface area contributed by atoms with Crippen LogP contribution in [0.4, 0.5) is 17.6 Å². The van der Waals surface area contributed by atoms with E-state index in [1.807, 2.05) is 0 Å². The van der Waals surface area contributed by atoms with E-state index in [1.54, 1.807) is 13.8 Å². The number of alkyl halides is 3. The fourth-order valence-electron chi connectivity index (χ4n) is 2.75. The summed E-state index contributed by atoms with van der Waals surface area (Å²) in [7, 11) is 0. The summed E-state index contributed by atoms with van der Waals surface area (Å²) in [6.45, 7) is 3.13. The second kappa shape index (κ2) is 5.91. The number of aromatic nitrogens is 2. The number of guanidine groups is 1. The molecular weight excluding hydrogens is 362 g/mol. The highest BCUT2D eigenvalue weighted by Crippen LogP contribution is 2.37. The van der Waals surface area contributed by atoms with Crippen molar-refractivity contribution < 1.29 is 17.6 Å². The zero-order chi connectivity index (χ0) is 18.5. The number of benzene rings is 1. The van der Waals surface area contributed by atoms with Crippen LogP contribution >= 0.6 is 11.6 Å². The molecule has 2 aromatic rings. The first-order chi connectivity index (χ1) is 11.6. The smallest absolute Gasteiger partial charge is 0.370 e. The highest BCUT2D eigenvalue weighted by molar-refractivity contribution is 6.30. The summed E-state index contributed by atoms with van der Waals surface area (Å²) in [4.78, 5) is 7.54. The molecule has 1 atom stereocenters. The highest BCUT2D eigenvalue weighted by Gasteiger charge is 2.39. The molecule has 25 heavy (non-hydrogen) atoms. The summed E-state index contributed by atoms with van der Waals surface area (Å²) >= 11 is 6.08. The van der Waals surface area contributed by atoms with Gasteiger partial charge >= 0.3 is 6.18 Å². The second-order valence-electron chi connectivity index (χ2n) is 5.86. The van der Waals surface area contributed by atoms with Gasteiger partial charge < -0.3 is 15.6 Å². The van der Waals surface area contributed by atoms with Crippen LogP contribution in [0.25, 0.3) is 11.0 Å². The topological polar surface area (TPSA) is 68.2 Å². The molecular formula is C15H14ClF4N5. The van der Waals surface area contributed by atoms with Gasteiger partial charge in [-0.1, -0.05) is 11.6 Å². The van der Waals surface area contributed by atoms with Crippen LogP contribution < -0.4 is 11.1 Å². The van der Waals surface area contributed by atoms with Crippen LogP contribution in [-0.4, -0.2) is 15.5 Å². The van der Waals surface area contributed by atoms with Crippen molar-refractivity contribution in [2.75, 3.05) is 0 Å². The Morgan fingerprint density at radius 1 is 1.32 bits per heavy atom. The van der Waals surface area contributed by atoms with E-state index in [0.29, 0.717) is 0 Å².